The van der Waals surface area contributed by atoms with Crippen LogP contribution in [0, 0.1) is 0 Å². The molecule has 1 saturated heterocycles. The van der Waals surface area contributed by atoms with Crippen LogP contribution in [-0.2, 0) is 9.59 Å². The van der Waals surface area contributed by atoms with E-state index < -0.39 is 23.9 Å². The number of carbonyl (C=O) groups excluding carboxylic acids is 3. The van der Waals surface area contributed by atoms with Crippen LogP contribution in [0.15, 0.2) is 65.8 Å². The van der Waals surface area contributed by atoms with Gasteiger partial charge in [0.1, 0.15) is 6.54 Å². The van der Waals surface area contributed by atoms with Gasteiger partial charge in [0.05, 0.1) is 32.5 Å². The van der Waals surface area contributed by atoms with Crippen molar-refractivity contribution in [3.8, 4) is 11.5 Å². The summed E-state index contributed by atoms with van der Waals surface area (Å²) in [5.41, 5.74) is 2.47. The summed E-state index contributed by atoms with van der Waals surface area (Å²) in [4.78, 5) is 38.4. The van der Waals surface area contributed by atoms with E-state index in [4.69, 9.17) is 14.6 Å². The van der Waals surface area contributed by atoms with Crippen LogP contribution in [0.25, 0.3) is 10.8 Å². The highest BCUT2D eigenvalue weighted by molar-refractivity contribution is 6.12. The van der Waals surface area contributed by atoms with Crippen LogP contribution in [0.4, 0.5) is 4.79 Å². The number of benzene rings is 3. The monoisotopic (exact) mass is 472 g/mol. The van der Waals surface area contributed by atoms with Crippen molar-refractivity contribution in [3.05, 3.63) is 71.8 Å². The molecule has 1 N–H and O–H groups in total. The number of imide groups is 1. The van der Waals surface area contributed by atoms with Crippen LogP contribution >= 0.6 is 0 Å². The summed E-state index contributed by atoms with van der Waals surface area (Å²) in [5, 5.41) is 10.6. The van der Waals surface area contributed by atoms with Gasteiger partial charge in [0.2, 0.25) is 0 Å². The lowest BCUT2D eigenvalue weighted by molar-refractivity contribution is -0.137. The summed E-state index contributed by atoms with van der Waals surface area (Å²) in [6, 6.07) is 18.4. The molecule has 5 rings (SSSR count). The van der Waals surface area contributed by atoms with Gasteiger partial charge < -0.3 is 14.8 Å². The molecule has 0 spiro atoms. The first-order chi connectivity index (χ1) is 17.0. The van der Waals surface area contributed by atoms with Gasteiger partial charge >= 0.3 is 6.03 Å². The Bertz CT molecular complexity index is 1350. The molecule has 1 unspecified atom stereocenters. The number of hydrogen-bond acceptors (Lipinski definition) is 6. The Morgan fingerprint density at radius 2 is 1.80 bits per heavy atom. The number of amides is 4. The zero-order valence-corrected chi connectivity index (χ0v) is 19.4. The van der Waals surface area contributed by atoms with Crippen molar-refractivity contribution >= 4 is 34.3 Å². The Labute approximate surface area is 201 Å². The van der Waals surface area contributed by atoms with E-state index in [2.05, 4.69) is 5.32 Å². The Hall–Kier alpha value is -4.40. The van der Waals surface area contributed by atoms with Gasteiger partial charge in [-0.2, -0.15) is 5.10 Å². The van der Waals surface area contributed by atoms with Crippen LogP contribution in [0.5, 0.6) is 11.5 Å². The second-order valence-electron chi connectivity index (χ2n) is 8.28. The molecule has 0 aromatic heterocycles. The lowest BCUT2D eigenvalue weighted by Gasteiger charge is -2.24. The molecule has 1 fully saturated rings. The molecule has 2 aliphatic heterocycles. The molecule has 2 heterocycles. The summed E-state index contributed by atoms with van der Waals surface area (Å²) >= 11 is 0. The second-order valence-corrected chi connectivity index (χ2v) is 8.28. The maximum Gasteiger partial charge on any atom is 0.325 e. The highest BCUT2D eigenvalue weighted by atomic mass is 16.5. The molecule has 4 amide bonds. The summed E-state index contributed by atoms with van der Waals surface area (Å²) in [6.45, 7) is -0.503. The first-order valence-corrected chi connectivity index (χ1v) is 11.2. The van der Waals surface area contributed by atoms with E-state index in [-0.39, 0.29) is 13.1 Å². The first-order valence-electron chi connectivity index (χ1n) is 11.2. The highest BCUT2D eigenvalue weighted by Crippen LogP contribution is 2.38. The number of nitrogens with zero attached hydrogens (tertiary/aromatic N) is 3. The zero-order chi connectivity index (χ0) is 24.5. The van der Waals surface area contributed by atoms with Crippen LogP contribution < -0.4 is 14.8 Å². The largest absolute Gasteiger partial charge is 0.493 e. The fraction of sp³-hybridized carbons (Fsp3) is 0.231. The standard InChI is InChI=1S/C26H24N4O5/c1-34-22-11-10-17(12-23(22)35-2)21-13-20(19-9-5-7-16-6-3-4-8-18(16)19)28-30(21)25(32)15-29-24(31)14-27-26(29)33/h3-12,21H,13-15H2,1-2H3,(H,27,33). The summed E-state index contributed by atoms with van der Waals surface area (Å²) in [5.74, 6) is 0.209. The highest BCUT2D eigenvalue weighted by Gasteiger charge is 2.37. The minimum absolute atomic E-state index is 0.115. The third kappa shape index (κ3) is 4.05. The van der Waals surface area contributed by atoms with Gasteiger partial charge in [0, 0.05) is 12.0 Å². The molecule has 2 aliphatic rings. The number of methoxy groups -OCH3 is 2. The average molecular weight is 473 g/mol. The second kappa shape index (κ2) is 9.09. The van der Waals surface area contributed by atoms with Gasteiger partial charge in [0.25, 0.3) is 11.8 Å². The molecule has 0 bridgehead atoms. The molecular weight excluding hydrogens is 448 g/mol. The Kier molecular flexibility index (Phi) is 5.82. The van der Waals surface area contributed by atoms with E-state index in [1.807, 2.05) is 54.6 Å². The predicted octanol–water partition coefficient (Wildman–Crippen LogP) is 3.09. The Morgan fingerprint density at radius 1 is 1.03 bits per heavy atom. The molecule has 35 heavy (non-hydrogen) atoms. The van der Waals surface area contributed by atoms with Gasteiger partial charge in [-0.25, -0.2) is 9.80 Å². The summed E-state index contributed by atoms with van der Waals surface area (Å²) in [6.07, 6.45) is 0.454. The third-order valence-electron chi connectivity index (χ3n) is 6.29. The maximum absolute atomic E-state index is 13.4. The molecule has 0 aliphatic carbocycles. The molecule has 3 aromatic carbocycles. The molecule has 3 aromatic rings. The van der Waals surface area contributed by atoms with Gasteiger partial charge in [-0.15, -0.1) is 0 Å². The van der Waals surface area contributed by atoms with E-state index >= 15 is 0 Å². The van der Waals surface area contributed by atoms with Crippen molar-refractivity contribution in [2.75, 3.05) is 27.3 Å². The smallest absolute Gasteiger partial charge is 0.325 e. The lowest BCUT2D eigenvalue weighted by atomic mass is 9.95. The van der Waals surface area contributed by atoms with E-state index in [0.717, 1.165) is 32.5 Å². The van der Waals surface area contributed by atoms with Crippen molar-refractivity contribution < 1.29 is 23.9 Å². The van der Waals surface area contributed by atoms with Gasteiger partial charge in [-0.3, -0.25) is 14.5 Å². The quantitative estimate of drug-likeness (QED) is 0.556. The Morgan fingerprint density at radius 3 is 2.54 bits per heavy atom. The number of hydrazone groups is 1. The number of fused-ring (bicyclic) bond motifs is 1. The van der Waals surface area contributed by atoms with Crippen LogP contribution in [0.2, 0.25) is 0 Å². The van der Waals surface area contributed by atoms with Crippen LogP contribution in [-0.4, -0.2) is 60.8 Å². The SMILES string of the molecule is COc1ccc(C2CC(c3cccc4ccccc34)=NN2C(=O)CN2C(=O)CNC2=O)cc1OC. The summed E-state index contributed by atoms with van der Waals surface area (Å²) in [7, 11) is 3.11. The normalized spacial score (nSPS) is 17.5. The number of ether oxygens (including phenoxy) is 2. The van der Waals surface area contributed by atoms with Crippen molar-refractivity contribution in [1.82, 2.24) is 15.2 Å². The zero-order valence-electron chi connectivity index (χ0n) is 19.4. The van der Waals surface area contributed by atoms with E-state index in [1.165, 1.54) is 5.01 Å². The van der Waals surface area contributed by atoms with Gasteiger partial charge in [-0.1, -0.05) is 48.5 Å². The molecule has 1 atom stereocenters. The van der Waals surface area contributed by atoms with Crippen molar-refractivity contribution in [2.24, 2.45) is 5.10 Å². The molecular formula is C26H24N4O5. The van der Waals surface area contributed by atoms with E-state index in [0.29, 0.717) is 17.9 Å². The average Bonchev–Trinajstić information content (AvgIpc) is 3.47. The van der Waals surface area contributed by atoms with Crippen LogP contribution in [0.1, 0.15) is 23.6 Å². The van der Waals surface area contributed by atoms with Gasteiger partial charge in [-0.05, 0) is 28.5 Å². The van der Waals surface area contributed by atoms with Crippen molar-refractivity contribution in [3.63, 3.8) is 0 Å². The maximum atomic E-state index is 13.4. The fourth-order valence-corrected chi connectivity index (χ4v) is 4.52. The topological polar surface area (TPSA) is 101 Å². The molecule has 0 radical (unpaired) electrons. The molecule has 178 valence electrons. The minimum Gasteiger partial charge on any atom is -0.493 e. The van der Waals surface area contributed by atoms with Crippen molar-refractivity contribution in [1.29, 1.82) is 0 Å². The van der Waals surface area contributed by atoms with E-state index in [1.54, 1.807) is 20.3 Å². The van der Waals surface area contributed by atoms with Gasteiger partial charge in [0.15, 0.2) is 11.5 Å². The van der Waals surface area contributed by atoms with Crippen LogP contribution in [0.3, 0.4) is 0 Å². The first kappa shape index (κ1) is 22.4. The number of nitrogens with one attached hydrogen (secondary N) is 1. The lowest BCUT2D eigenvalue weighted by Crippen LogP contribution is -2.41. The minimum atomic E-state index is -0.580. The third-order valence-corrected chi connectivity index (χ3v) is 6.29. The fourth-order valence-electron chi connectivity index (χ4n) is 4.52. The van der Waals surface area contributed by atoms with Crippen molar-refractivity contribution in [2.45, 2.75) is 12.5 Å². The number of urea groups is 1. The van der Waals surface area contributed by atoms with E-state index in [9.17, 15) is 14.4 Å². The molecule has 9 nitrogen and oxygen atoms in total. The molecule has 9 heteroatoms. The predicted molar refractivity (Wildman–Crippen MR) is 129 cm³/mol. The summed E-state index contributed by atoms with van der Waals surface area (Å²) < 4.78 is 10.8. The molecule has 0 saturated carbocycles. The number of hydrogen-bond donors (Lipinski definition) is 1. The Balaban J connectivity index is 1.54. The number of rotatable bonds is 6. The number of carbonyl (C=O) groups is 3.